The molecule has 6 nitrogen and oxygen atoms in total. The number of carbonyl (C=O) groups excluding carboxylic acids is 1. The summed E-state index contributed by atoms with van der Waals surface area (Å²) in [5.74, 6) is 1.93. The van der Waals surface area contributed by atoms with E-state index in [1.807, 2.05) is 0 Å². The molecule has 0 spiro atoms. The largest absolute Gasteiger partial charge is 0.353 e. The molecule has 2 atom stereocenters. The highest BCUT2D eigenvalue weighted by molar-refractivity contribution is 7.87. The Balaban J connectivity index is 1.58. The summed E-state index contributed by atoms with van der Waals surface area (Å²) in [7, 11) is -3.72. The number of amides is 1. The minimum Gasteiger partial charge on any atom is -0.353 e. The number of carbonyl (C=O) groups is 1. The Hall–Kier alpha value is -0.660. The quantitative estimate of drug-likeness (QED) is 0.665. The highest BCUT2D eigenvalue weighted by Crippen LogP contribution is 2.63. The molecule has 7 heteroatoms. The molecule has 1 amide bonds. The minimum atomic E-state index is -3.72. The third-order valence-corrected chi connectivity index (χ3v) is 6.89. The van der Waals surface area contributed by atoms with E-state index in [-0.39, 0.29) is 24.9 Å². The molecule has 4 fully saturated rings. The van der Waals surface area contributed by atoms with Gasteiger partial charge in [-0.2, -0.15) is 8.42 Å². The molecule has 0 aromatic heterocycles. The van der Waals surface area contributed by atoms with Crippen LogP contribution < -0.4 is 15.2 Å². The van der Waals surface area contributed by atoms with Gasteiger partial charge in [0.2, 0.25) is 5.91 Å². The van der Waals surface area contributed by atoms with Gasteiger partial charge in [-0.05, 0) is 67.1 Å². The molecule has 2 unspecified atom stereocenters. The lowest BCUT2D eigenvalue weighted by atomic mass is 9.46. The van der Waals surface area contributed by atoms with Gasteiger partial charge in [0.1, 0.15) is 0 Å². The van der Waals surface area contributed by atoms with Crippen LogP contribution in [-0.2, 0) is 15.0 Å². The fourth-order valence-corrected chi connectivity index (χ4v) is 6.72. The monoisotopic (exact) mass is 371 g/mol. The summed E-state index contributed by atoms with van der Waals surface area (Å²) >= 11 is 0. The smallest absolute Gasteiger partial charge is 0.274 e. The maximum Gasteiger partial charge on any atom is 0.274 e. The lowest BCUT2D eigenvalue weighted by molar-refractivity contribution is -0.129. The van der Waals surface area contributed by atoms with E-state index in [9.17, 15) is 13.2 Å². The van der Waals surface area contributed by atoms with Crippen LogP contribution in [0, 0.1) is 28.6 Å². The van der Waals surface area contributed by atoms with Crippen LogP contribution in [0.2, 0.25) is 0 Å². The first kappa shape index (κ1) is 19.1. The van der Waals surface area contributed by atoms with Gasteiger partial charge in [-0.25, -0.2) is 9.86 Å². The Bertz CT molecular complexity index is 610. The molecule has 4 rings (SSSR count). The van der Waals surface area contributed by atoms with Crippen LogP contribution in [0.5, 0.6) is 0 Å². The van der Waals surface area contributed by atoms with Crippen molar-refractivity contribution in [3.8, 4) is 0 Å². The van der Waals surface area contributed by atoms with E-state index in [4.69, 9.17) is 5.14 Å². The molecule has 0 heterocycles. The summed E-state index contributed by atoms with van der Waals surface area (Å²) in [5.41, 5.74) is 0.828. The van der Waals surface area contributed by atoms with Gasteiger partial charge in [0.15, 0.2) is 0 Å². The Kier molecular flexibility index (Phi) is 4.97. The van der Waals surface area contributed by atoms with Gasteiger partial charge in [0, 0.05) is 19.0 Å². The van der Waals surface area contributed by atoms with E-state index >= 15 is 0 Å². The number of hydrogen-bond donors (Lipinski definition) is 3. The second kappa shape index (κ2) is 6.50. The zero-order valence-corrected chi connectivity index (χ0v) is 16.5. The van der Waals surface area contributed by atoms with Gasteiger partial charge in [-0.1, -0.05) is 20.8 Å². The second-order valence-corrected chi connectivity index (χ2v) is 11.4. The Morgan fingerprint density at radius 2 is 1.76 bits per heavy atom. The van der Waals surface area contributed by atoms with Crippen molar-refractivity contribution < 1.29 is 13.2 Å². The van der Waals surface area contributed by atoms with E-state index in [1.54, 1.807) is 0 Å². The zero-order valence-electron chi connectivity index (χ0n) is 15.7. The fraction of sp³-hybridized carbons (Fsp3) is 0.944. The topological polar surface area (TPSA) is 101 Å². The Morgan fingerprint density at radius 3 is 2.28 bits per heavy atom. The molecular formula is C18H33N3O3S. The highest BCUT2D eigenvalue weighted by atomic mass is 32.2. The molecule has 0 radical (unpaired) electrons. The average molecular weight is 372 g/mol. The Labute approximate surface area is 151 Å². The number of rotatable bonds is 6. The molecule has 0 aromatic rings. The first-order valence-electron chi connectivity index (χ1n) is 9.52. The van der Waals surface area contributed by atoms with Crippen LogP contribution in [0.15, 0.2) is 0 Å². The van der Waals surface area contributed by atoms with Crippen LogP contribution in [0.3, 0.4) is 0 Å². The van der Waals surface area contributed by atoms with Crippen LogP contribution in [0.1, 0.15) is 65.7 Å². The fourth-order valence-electron chi connectivity index (χ4n) is 6.33. The summed E-state index contributed by atoms with van der Waals surface area (Å²) < 4.78 is 24.0. The van der Waals surface area contributed by atoms with E-state index in [1.165, 1.54) is 38.5 Å². The lowest BCUT2D eigenvalue weighted by Gasteiger charge is -2.61. The van der Waals surface area contributed by atoms with Gasteiger partial charge in [-0.15, -0.1) is 0 Å². The van der Waals surface area contributed by atoms with E-state index < -0.39 is 10.2 Å². The molecule has 4 aliphatic carbocycles. The normalized spacial score (nSPS) is 37.3. The predicted molar refractivity (Wildman–Crippen MR) is 97.7 cm³/mol. The van der Waals surface area contributed by atoms with Crippen molar-refractivity contribution in [3.63, 3.8) is 0 Å². The molecule has 0 saturated heterocycles. The standard InChI is InChI=1S/C18H33N3O3S/c1-17(2,3)11-18-8-12-6-13(9-18)16(14(7-12)10-18)21-15(22)4-5-20-25(19,23)24/h12-14,16,20H,4-11H2,1-3H3,(H,21,22)(H2,19,23,24). The molecule has 4 saturated carbocycles. The van der Waals surface area contributed by atoms with Crippen molar-refractivity contribution >= 4 is 16.1 Å². The SMILES string of the molecule is CC(C)(C)CC12CC3CC(C1)C(NC(=O)CCNS(N)(=O)=O)C(C3)C2. The first-order chi connectivity index (χ1) is 11.4. The maximum atomic E-state index is 12.2. The number of nitrogens with one attached hydrogen (secondary N) is 2. The van der Waals surface area contributed by atoms with Crippen molar-refractivity contribution in [2.24, 2.45) is 33.7 Å². The van der Waals surface area contributed by atoms with E-state index in [0.717, 1.165) is 5.92 Å². The highest BCUT2D eigenvalue weighted by Gasteiger charge is 2.56. The molecular weight excluding hydrogens is 338 g/mol. The maximum absolute atomic E-state index is 12.2. The molecule has 0 aliphatic heterocycles. The predicted octanol–water partition coefficient (Wildman–Crippen LogP) is 1.92. The van der Waals surface area contributed by atoms with E-state index in [2.05, 4.69) is 30.8 Å². The molecule has 4 bridgehead atoms. The van der Waals surface area contributed by atoms with Crippen molar-refractivity contribution in [3.05, 3.63) is 0 Å². The van der Waals surface area contributed by atoms with Crippen LogP contribution in [0.25, 0.3) is 0 Å². The van der Waals surface area contributed by atoms with Crippen molar-refractivity contribution in [1.29, 1.82) is 0 Å². The molecule has 144 valence electrons. The average Bonchev–Trinajstić information content (AvgIpc) is 2.38. The zero-order chi connectivity index (χ0) is 18.5. The van der Waals surface area contributed by atoms with E-state index in [0.29, 0.717) is 22.7 Å². The number of hydrogen-bond acceptors (Lipinski definition) is 3. The third kappa shape index (κ3) is 4.74. The van der Waals surface area contributed by atoms with Crippen LogP contribution in [0.4, 0.5) is 0 Å². The van der Waals surface area contributed by atoms with Gasteiger partial charge in [-0.3, -0.25) is 4.79 Å². The van der Waals surface area contributed by atoms with Gasteiger partial charge in [0.25, 0.3) is 10.2 Å². The lowest BCUT2D eigenvalue weighted by Crippen LogP contribution is -2.59. The van der Waals surface area contributed by atoms with Gasteiger partial charge in [0.05, 0.1) is 0 Å². The molecule has 4 aliphatic rings. The van der Waals surface area contributed by atoms with Crippen molar-refractivity contribution in [2.45, 2.75) is 71.8 Å². The summed E-state index contributed by atoms with van der Waals surface area (Å²) in [6.07, 6.45) is 7.74. The van der Waals surface area contributed by atoms with Gasteiger partial charge >= 0.3 is 0 Å². The van der Waals surface area contributed by atoms with Crippen molar-refractivity contribution in [1.82, 2.24) is 10.0 Å². The minimum absolute atomic E-state index is 0.0588. The molecule has 25 heavy (non-hydrogen) atoms. The van der Waals surface area contributed by atoms with Crippen molar-refractivity contribution in [2.75, 3.05) is 6.54 Å². The number of nitrogens with two attached hydrogens (primary N) is 1. The van der Waals surface area contributed by atoms with Crippen LogP contribution in [-0.4, -0.2) is 26.9 Å². The summed E-state index contributed by atoms with van der Waals surface area (Å²) in [6, 6.07) is 0.270. The second-order valence-electron chi connectivity index (χ2n) is 9.99. The summed E-state index contributed by atoms with van der Waals surface area (Å²) in [6.45, 7) is 7.07. The molecule has 4 N–H and O–H groups in total. The molecule has 0 aromatic carbocycles. The van der Waals surface area contributed by atoms with Crippen LogP contribution >= 0.6 is 0 Å². The Morgan fingerprint density at radius 1 is 1.16 bits per heavy atom. The van der Waals surface area contributed by atoms with Gasteiger partial charge < -0.3 is 5.32 Å². The summed E-state index contributed by atoms with van der Waals surface area (Å²) in [4.78, 5) is 12.2. The third-order valence-electron chi connectivity index (χ3n) is 6.29. The summed E-state index contributed by atoms with van der Waals surface area (Å²) in [5, 5.41) is 8.11. The first-order valence-corrected chi connectivity index (χ1v) is 11.1.